The first-order valence-electron chi connectivity index (χ1n) is 6.85. The Labute approximate surface area is 130 Å². The molecule has 1 aliphatic rings. The number of carboxylic acids is 1. The van der Waals surface area contributed by atoms with Crippen LogP contribution in [0.1, 0.15) is 15.4 Å². The number of amides is 1. The largest absolute Gasteiger partial charge is 0.479 e. The number of carbonyl (C=O) groups excluding carboxylic acids is 1. The number of aryl methyl sites for hydroxylation is 1. The highest BCUT2D eigenvalue weighted by Gasteiger charge is 2.30. The molecule has 2 aromatic rings. The molecular weight excluding hydrogens is 306 g/mol. The first kappa shape index (κ1) is 14.8. The van der Waals surface area contributed by atoms with Gasteiger partial charge in [0, 0.05) is 6.54 Å². The lowest BCUT2D eigenvalue weighted by Crippen LogP contribution is -2.48. The van der Waals surface area contributed by atoms with Crippen LogP contribution in [-0.4, -0.2) is 47.7 Å². The summed E-state index contributed by atoms with van der Waals surface area (Å²) in [5.74, 6) is 0.324. The van der Waals surface area contributed by atoms with Crippen molar-refractivity contribution >= 4 is 23.2 Å². The van der Waals surface area contributed by atoms with Crippen molar-refractivity contribution in [3.05, 3.63) is 34.9 Å². The van der Waals surface area contributed by atoms with E-state index in [9.17, 15) is 9.59 Å². The molecule has 1 fully saturated rings. The van der Waals surface area contributed by atoms with Gasteiger partial charge in [0.15, 0.2) is 6.10 Å². The molecule has 1 unspecified atom stereocenters. The molecule has 116 valence electrons. The van der Waals surface area contributed by atoms with Crippen LogP contribution in [0.4, 0.5) is 0 Å². The summed E-state index contributed by atoms with van der Waals surface area (Å²) in [5.41, 5.74) is 0. The maximum atomic E-state index is 12.5. The van der Waals surface area contributed by atoms with Crippen LogP contribution in [0, 0.1) is 6.92 Å². The zero-order valence-corrected chi connectivity index (χ0v) is 12.8. The molecule has 1 aliphatic heterocycles. The third-order valence-corrected chi connectivity index (χ3v) is 4.52. The van der Waals surface area contributed by atoms with E-state index >= 15 is 0 Å². The number of morpholine rings is 1. The summed E-state index contributed by atoms with van der Waals surface area (Å²) in [6.45, 7) is 2.57. The Kier molecular flexibility index (Phi) is 4.00. The summed E-state index contributed by atoms with van der Waals surface area (Å²) >= 11 is 1.34. The molecule has 1 atom stereocenters. The van der Waals surface area contributed by atoms with Crippen LogP contribution in [-0.2, 0) is 9.53 Å². The van der Waals surface area contributed by atoms with Crippen LogP contribution in [0.5, 0.6) is 0 Å². The second kappa shape index (κ2) is 5.94. The van der Waals surface area contributed by atoms with E-state index in [1.165, 1.54) is 16.2 Å². The summed E-state index contributed by atoms with van der Waals surface area (Å²) in [5, 5.41) is 8.99. The Morgan fingerprint density at radius 3 is 2.82 bits per heavy atom. The van der Waals surface area contributed by atoms with Gasteiger partial charge in [-0.05, 0) is 31.2 Å². The second-order valence-corrected chi connectivity index (χ2v) is 6.11. The number of carboxylic acid groups (broad SMARTS) is 1. The average molecular weight is 321 g/mol. The van der Waals surface area contributed by atoms with E-state index < -0.39 is 12.1 Å². The molecule has 1 saturated heterocycles. The lowest BCUT2D eigenvalue weighted by molar-refractivity contribution is -0.154. The number of hydrogen-bond acceptors (Lipinski definition) is 5. The van der Waals surface area contributed by atoms with Gasteiger partial charge in [-0.2, -0.15) is 0 Å². The standard InChI is InChI=1S/C15H15NO5S/c1-9-2-3-10(21-9)12-4-5-13(22-12)14(17)16-6-7-20-11(8-16)15(18)19/h2-5,11H,6-8H2,1H3,(H,18,19). The van der Waals surface area contributed by atoms with E-state index in [1.54, 1.807) is 6.07 Å². The molecular formula is C15H15NO5S. The SMILES string of the molecule is Cc1ccc(-c2ccc(C(=O)N3CCOC(C(=O)O)C3)s2)o1. The highest BCUT2D eigenvalue weighted by atomic mass is 32.1. The molecule has 22 heavy (non-hydrogen) atoms. The fourth-order valence-corrected chi connectivity index (χ4v) is 3.23. The van der Waals surface area contributed by atoms with Crippen LogP contribution >= 0.6 is 11.3 Å². The molecule has 0 saturated carbocycles. The van der Waals surface area contributed by atoms with Crippen molar-refractivity contribution in [2.45, 2.75) is 13.0 Å². The first-order chi connectivity index (χ1) is 10.5. The van der Waals surface area contributed by atoms with Crippen molar-refractivity contribution in [1.29, 1.82) is 0 Å². The third kappa shape index (κ3) is 2.90. The normalized spacial score (nSPS) is 18.4. The van der Waals surface area contributed by atoms with E-state index in [1.807, 2.05) is 25.1 Å². The van der Waals surface area contributed by atoms with Gasteiger partial charge in [-0.25, -0.2) is 4.79 Å². The predicted molar refractivity (Wildman–Crippen MR) is 80.0 cm³/mol. The topological polar surface area (TPSA) is 80.0 Å². The highest BCUT2D eigenvalue weighted by Crippen LogP contribution is 2.30. The minimum absolute atomic E-state index is 0.0707. The smallest absolute Gasteiger partial charge is 0.334 e. The number of rotatable bonds is 3. The summed E-state index contributed by atoms with van der Waals surface area (Å²) in [6.07, 6.45) is -0.954. The van der Waals surface area contributed by atoms with Crippen molar-refractivity contribution in [3.63, 3.8) is 0 Å². The van der Waals surface area contributed by atoms with E-state index in [0.717, 1.165) is 16.4 Å². The van der Waals surface area contributed by atoms with Gasteiger partial charge < -0.3 is 19.2 Å². The Balaban J connectivity index is 1.75. The van der Waals surface area contributed by atoms with E-state index in [2.05, 4.69) is 0 Å². The van der Waals surface area contributed by atoms with Gasteiger partial charge in [0.2, 0.25) is 0 Å². The van der Waals surface area contributed by atoms with Gasteiger partial charge in [-0.3, -0.25) is 4.79 Å². The van der Waals surface area contributed by atoms with Crippen LogP contribution in [0.25, 0.3) is 10.6 Å². The molecule has 0 bridgehead atoms. The highest BCUT2D eigenvalue weighted by molar-refractivity contribution is 7.17. The van der Waals surface area contributed by atoms with Gasteiger partial charge in [0.1, 0.15) is 11.5 Å². The molecule has 2 aromatic heterocycles. The number of hydrogen-bond donors (Lipinski definition) is 1. The van der Waals surface area contributed by atoms with Crippen molar-refractivity contribution < 1.29 is 23.8 Å². The fourth-order valence-electron chi connectivity index (χ4n) is 2.29. The Hall–Kier alpha value is -2.12. The zero-order chi connectivity index (χ0) is 15.7. The van der Waals surface area contributed by atoms with Gasteiger partial charge in [-0.15, -0.1) is 11.3 Å². The quantitative estimate of drug-likeness (QED) is 0.938. The number of carbonyl (C=O) groups is 2. The summed E-state index contributed by atoms with van der Waals surface area (Å²) in [7, 11) is 0. The molecule has 3 rings (SSSR count). The molecule has 0 radical (unpaired) electrons. The van der Waals surface area contributed by atoms with E-state index in [-0.39, 0.29) is 19.1 Å². The second-order valence-electron chi connectivity index (χ2n) is 5.02. The van der Waals surface area contributed by atoms with Gasteiger partial charge in [0.05, 0.1) is 22.9 Å². The Morgan fingerprint density at radius 2 is 2.14 bits per heavy atom. The molecule has 1 amide bonds. The maximum absolute atomic E-state index is 12.5. The molecule has 3 heterocycles. The average Bonchev–Trinajstić information content (AvgIpc) is 3.15. The van der Waals surface area contributed by atoms with Crippen LogP contribution in [0.3, 0.4) is 0 Å². The number of ether oxygens (including phenoxy) is 1. The first-order valence-corrected chi connectivity index (χ1v) is 7.66. The number of thiophene rings is 1. The molecule has 0 aromatic carbocycles. The lowest BCUT2D eigenvalue weighted by atomic mass is 10.2. The summed E-state index contributed by atoms with van der Waals surface area (Å²) in [6, 6.07) is 7.32. The third-order valence-electron chi connectivity index (χ3n) is 3.43. The van der Waals surface area contributed by atoms with Crippen LogP contribution in [0.15, 0.2) is 28.7 Å². The zero-order valence-electron chi connectivity index (χ0n) is 11.9. The van der Waals surface area contributed by atoms with Crippen molar-refractivity contribution in [2.75, 3.05) is 19.7 Å². The minimum Gasteiger partial charge on any atom is -0.479 e. The summed E-state index contributed by atoms with van der Waals surface area (Å²) < 4.78 is 10.7. The minimum atomic E-state index is -1.05. The molecule has 0 aliphatic carbocycles. The van der Waals surface area contributed by atoms with Gasteiger partial charge >= 0.3 is 5.97 Å². The maximum Gasteiger partial charge on any atom is 0.334 e. The molecule has 1 N–H and O–H groups in total. The molecule has 7 heteroatoms. The van der Waals surface area contributed by atoms with Crippen molar-refractivity contribution in [1.82, 2.24) is 4.90 Å². The van der Waals surface area contributed by atoms with E-state index in [0.29, 0.717) is 11.4 Å². The fraction of sp³-hybridized carbons (Fsp3) is 0.333. The summed E-state index contributed by atoms with van der Waals surface area (Å²) in [4.78, 5) is 26.4. The molecule has 6 nitrogen and oxygen atoms in total. The number of aliphatic carboxylic acids is 1. The van der Waals surface area contributed by atoms with Crippen LogP contribution < -0.4 is 0 Å². The van der Waals surface area contributed by atoms with Crippen molar-refractivity contribution in [2.24, 2.45) is 0 Å². The van der Waals surface area contributed by atoms with Gasteiger partial charge in [-0.1, -0.05) is 0 Å². The van der Waals surface area contributed by atoms with Crippen LogP contribution in [0.2, 0.25) is 0 Å². The monoisotopic (exact) mass is 321 g/mol. The number of furan rings is 1. The molecule has 0 spiro atoms. The predicted octanol–water partition coefficient (Wildman–Crippen LogP) is 2.24. The Morgan fingerprint density at radius 1 is 1.32 bits per heavy atom. The van der Waals surface area contributed by atoms with E-state index in [4.69, 9.17) is 14.3 Å². The van der Waals surface area contributed by atoms with Crippen molar-refractivity contribution in [3.8, 4) is 10.6 Å². The lowest BCUT2D eigenvalue weighted by Gasteiger charge is -2.30. The van der Waals surface area contributed by atoms with Gasteiger partial charge in [0.25, 0.3) is 5.91 Å². The number of nitrogens with zero attached hydrogens (tertiary/aromatic N) is 1. The Bertz CT molecular complexity index is 704.